The molecule has 2 aliphatic carbocycles. The number of anilines is 1. The highest BCUT2D eigenvalue weighted by molar-refractivity contribution is 8.21. The molecule has 2 heterocycles. The van der Waals surface area contributed by atoms with E-state index in [1.165, 1.54) is 55.7 Å². The molecule has 1 nitrogen and oxygen atoms in total. The fourth-order valence-corrected chi connectivity index (χ4v) is 9.25. The molecule has 0 amide bonds. The highest BCUT2D eigenvalue weighted by Gasteiger charge is 2.63. The Morgan fingerprint density at radius 2 is 1.86 bits per heavy atom. The van der Waals surface area contributed by atoms with Crippen molar-refractivity contribution in [3.8, 4) is 0 Å². The van der Waals surface area contributed by atoms with Crippen molar-refractivity contribution >= 4 is 29.2 Å². The topological polar surface area (TPSA) is 12.0 Å². The van der Waals surface area contributed by atoms with Crippen molar-refractivity contribution in [1.29, 1.82) is 0 Å². The largest absolute Gasteiger partial charge is 0.379 e. The molecule has 1 saturated heterocycles. The zero-order valence-corrected chi connectivity index (χ0v) is 14.1. The van der Waals surface area contributed by atoms with E-state index in [1.54, 1.807) is 5.56 Å². The number of nitrogens with one attached hydrogen (secondary N) is 1. The molecule has 112 valence electrons. The van der Waals surface area contributed by atoms with Crippen LogP contribution in [-0.2, 0) is 5.41 Å². The van der Waals surface area contributed by atoms with E-state index in [1.807, 2.05) is 0 Å². The van der Waals surface area contributed by atoms with Crippen LogP contribution in [0.25, 0.3) is 0 Å². The molecule has 1 aromatic carbocycles. The van der Waals surface area contributed by atoms with Gasteiger partial charge >= 0.3 is 0 Å². The molecular formula is C18H23NS2. The third-order valence-electron chi connectivity index (χ3n) is 6.42. The number of hydrogen-bond donors (Lipinski definition) is 1. The third-order valence-corrected chi connectivity index (χ3v) is 10.1. The Morgan fingerprint density at radius 1 is 1.00 bits per heavy atom. The molecule has 2 spiro atoms. The average Bonchev–Trinajstić information content (AvgIpc) is 3.12. The second-order valence-electron chi connectivity index (χ2n) is 7.15. The number of rotatable bonds is 0. The van der Waals surface area contributed by atoms with Crippen molar-refractivity contribution in [1.82, 2.24) is 0 Å². The Bertz CT molecular complexity index is 566. The van der Waals surface area contributed by atoms with E-state index >= 15 is 0 Å². The maximum Gasteiger partial charge on any atom is 0.0820 e. The molecule has 4 aliphatic rings. The van der Waals surface area contributed by atoms with E-state index in [-0.39, 0.29) is 0 Å². The number of hydrogen-bond acceptors (Lipinski definition) is 3. The van der Waals surface area contributed by atoms with Crippen molar-refractivity contribution in [3.63, 3.8) is 0 Å². The van der Waals surface area contributed by atoms with Crippen molar-refractivity contribution < 1.29 is 0 Å². The Kier molecular flexibility index (Phi) is 2.89. The smallest absolute Gasteiger partial charge is 0.0820 e. The van der Waals surface area contributed by atoms with Crippen molar-refractivity contribution in [3.05, 3.63) is 29.8 Å². The summed E-state index contributed by atoms with van der Waals surface area (Å²) in [5, 5.41) is 4.02. The van der Waals surface area contributed by atoms with Gasteiger partial charge in [0.05, 0.1) is 10.1 Å². The summed E-state index contributed by atoms with van der Waals surface area (Å²) >= 11 is 4.53. The van der Waals surface area contributed by atoms with Gasteiger partial charge in [0.1, 0.15) is 0 Å². The van der Waals surface area contributed by atoms with Crippen LogP contribution in [0.1, 0.15) is 44.1 Å². The van der Waals surface area contributed by atoms with Crippen LogP contribution in [0.3, 0.4) is 0 Å². The second-order valence-corrected chi connectivity index (χ2v) is 10.3. The maximum atomic E-state index is 4.02. The van der Waals surface area contributed by atoms with E-state index in [0.717, 1.165) is 5.92 Å². The molecule has 3 fully saturated rings. The first kappa shape index (κ1) is 13.2. The summed E-state index contributed by atoms with van der Waals surface area (Å²) in [6.07, 6.45) is 8.61. The molecular weight excluding hydrogens is 294 g/mol. The molecule has 2 aliphatic heterocycles. The molecule has 3 atom stereocenters. The lowest BCUT2D eigenvalue weighted by molar-refractivity contribution is 0.116. The van der Waals surface area contributed by atoms with Gasteiger partial charge in [-0.25, -0.2) is 0 Å². The monoisotopic (exact) mass is 317 g/mol. The van der Waals surface area contributed by atoms with Crippen molar-refractivity contribution in [2.45, 2.75) is 54.1 Å². The molecule has 5 rings (SSSR count). The van der Waals surface area contributed by atoms with Gasteiger partial charge in [-0.15, -0.1) is 23.5 Å². The first-order valence-electron chi connectivity index (χ1n) is 8.49. The van der Waals surface area contributed by atoms with Gasteiger partial charge in [0, 0.05) is 22.6 Å². The molecule has 1 aromatic rings. The summed E-state index contributed by atoms with van der Waals surface area (Å²) in [7, 11) is 0. The van der Waals surface area contributed by atoms with Crippen LogP contribution in [0.15, 0.2) is 24.3 Å². The number of fused-ring (bicyclic) bond motifs is 2. The molecule has 1 N–H and O–H groups in total. The second kappa shape index (κ2) is 4.61. The molecule has 0 unspecified atom stereocenters. The molecule has 21 heavy (non-hydrogen) atoms. The zero-order chi connectivity index (χ0) is 13.9. The zero-order valence-electron chi connectivity index (χ0n) is 12.4. The van der Waals surface area contributed by atoms with Crippen LogP contribution < -0.4 is 5.32 Å². The minimum Gasteiger partial charge on any atom is -0.379 e. The van der Waals surface area contributed by atoms with E-state index in [2.05, 4.69) is 53.1 Å². The quantitative estimate of drug-likeness (QED) is 0.732. The fraction of sp³-hybridized carbons (Fsp3) is 0.667. The maximum absolute atomic E-state index is 4.02. The first-order chi connectivity index (χ1) is 10.4. The summed E-state index contributed by atoms with van der Waals surface area (Å²) in [6, 6.07) is 9.90. The summed E-state index contributed by atoms with van der Waals surface area (Å²) in [5.41, 5.74) is 3.55. The Balaban J connectivity index is 1.69. The number of thioether (sulfide) groups is 2. The van der Waals surface area contributed by atoms with Crippen LogP contribution in [0.2, 0.25) is 0 Å². The van der Waals surface area contributed by atoms with Crippen LogP contribution in [-0.4, -0.2) is 21.6 Å². The van der Waals surface area contributed by atoms with Gasteiger partial charge in [-0.05, 0) is 43.2 Å². The predicted octanol–water partition coefficient (Wildman–Crippen LogP) is 4.88. The number of benzene rings is 1. The minimum absolute atomic E-state index is 0.442. The number of para-hydroxylation sites is 1. The lowest BCUT2D eigenvalue weighted by Gasteiger charge is -2.55. The van der Waals surface area contributed by atoms with Crippen LogP contribution in [0.4, 0.5) is 5.69 Å². The average molecular weight is 318 g/mol. The molecule has 0 aromatic heterocycles. The molecule has 0 bridgehead atoms. The lowest BCUT2D eigenvalue weighted by atomic mass is 9.55. The molecule has 0 radical (unpaired) electrons. The summed E-state index contributed by atoms with van der Waals surface area (Å²) in [4.78, 5) is 0. The van der Waals surface area contributed by atoms with Gasteiger partial charge in [0.2, 0.25) is 0 Å². The SMILES string of the molecule is c1ccc2c(c1)N[C@H]1C3(CC[C@@H]4CCCC[C@]241)SCCS3. The summed E-state index contributed by atoms with van der Waals surface area (Å²) in [6.45, 7) is 0. The van der Waals surface area contributed by atoms with Gasteiger partial charge in [0.25, 0.3) is 0 Å². The van der Waals surface area contributed by atoms with Crippen molar-refractivity contribution in [2.24, 2.45) is 5.92 Å². The van der Waals surface area contributed by atoms with Crippen molar-refractivity contribution in [2.75, 3.05) is 16.8 Å². The van der Waals surface area contributed by atoms with E-state index in [4.69, 9.17) is 0 Å². The van der Waals surface area contributed by atoms with Crippen LogP contribution in [0, 0.1) is 5.92 Å². The minimum atomic E-state index is 0.442. The standard InChI is InChI=1S/C18H23NS2/c1-2-7-15-14(6-1)17-9-4-3-5-13(17)8-10-18(16(17)19-15)20-11-12-21-18/h1-2,6-7,13,16,19H,3-5,8-12H2/t13-,16+,17+/m0/s1. The summed E-state index contributed by atoms with van der Waals surface area (Å²) in [5.74, 6) is 3.61. The highest BCUT2D eigenvalue weighted by Crippen LogP contribution is 2.66. The van der Waals surface area contributed by atoms with Gasteiger partial charge in [-0.2, -0.15) is 0 Å². The molecule has 3 heteroatoms. The van der Waals surface area contributed by atoms with Crippen LogP contribution >= 0.6 is 23.5 Å². The van der Waals surface area contributed by atoms with E-state index in [9.17, 15) is 0 Å². The van der Waals surface area contributed by atoms with Gasteiger partial charge in [-0.1, -0.05) is 31.0 Å². The Labute approximate surface area is 136 Å². The lowest BCUT2D eigenvalue weighted by Crippen LogP contribution is -2.59. The third kappa shape index (κ3) is 1.63. The van der Waals surface area contributed by atoms with E-state index in [0.29, 0.717) is 15.5 Å². The van der Waals surface area contributed by atoms with Gasteiger partial charge in [-0.3, -0.25) is 0 Å². The summed E-state index contributed by atoms with van der Waals surface area (Å²) < 4.78 is 0.451. The Hall–Kier alpha value is -0.280. The molecule has 2 saturated carbocycles. The Morgan fingerprint density at radius 3 is 2.76 bits per heavy atom. The predicted molar refractivity (Wildman–Crippen MR) is 94.4 cm³/mol. The first-order valence-corrected chi connectivity index (χ1v) is 10.5. The van der Waals surface area contributed by atoms with Gasteiger partial charge < -0.3 is 5.32 Å². The highest BCUT2D eigenvalue weighted by atomic mass is 32.2. The normalized spacial score (nSPS) is 39.4. The van der Waals surface area contributed by atoms with E-state index < -0.39 is 0 Å². The van der Waals surface area contributed by atoms with Gasteiger partial charge in [0.15, 0.2) is 0 Å². The fourth-order valence-electron chi connectivity index (χ4n) is 5.66. The van der Waals surface area contributed by atoms with Crippen LogP contribution in [0.5, 0.6) is 0 Å².